The van der Waals surface area contributed by atoms with Crippen LogP contribution in [0.3, 0.4) is 0 Å². The minimum Gasteiger partial charge on any atom is -0.340 e. The van der Waals surface area contributed by atoms with Crippen LogP contribution in [0.1, 0.15) is 23.5 Å². The predicted octanol–water partition coefficient (Wildman–Crippen LogP) is 1.42. The highest BCUT2D eigenvalue weighted by Crippen LogP contribution is 2.22. The van der Waals surface area contributed by atoms with Gasteiger partial charge in [0.15, 0.2) is 15.0 Å². The minimum absolute atomic E-state index is 0.0940. The molecule has 0 N–H and O–H groups in total. The third-order valence-corrected chi connectivity index (χ3v) is 8.35. The van der Waals surface area contributed by atoms with Gasteiger partial charge < -0.3 is 4.90 Å². The van der Waals surface area contributed by atoms with Gasteiger partial charge in [0.05, 0.1) is 23.6 Å². The van der Waals surface area contributed by atoms with Crippen molar-refractivity contribution in [2.45, 2.75) is 32.7 Å². The molecule has 28 heavy (non-hydrogen) atoms. The molecule has 152 valence electrons. The molecule has 7 nitrogen and oxygen atoms in total. The molecular formula is C19H26N4O3S2. The van der Waals surface area contributed by atoms with Crippen molar-refractivity contribution in [2.24, 2.45) is 0 Å². The number of hydrogen-bond acceptors (Lipinski definition) is 6. The zero-order valence-corrected chi connectivity index (χ0v) is 17.9. The van der Waals surface area contributed by atoms with E-state index in [-0.39, 0.29) is 17.7 Å². The van der Waals surface area contributed by atoms with Gasteiger partial charge in [0.1, 0.15) is 0 Å². The summed E-state index contributed by atoms with van der Waals surface area (Å²) < 4.78 is 25.5. The van der Waals surface area contributed by atoms with Crippen molar-refractivity contribution in [1.82, 2.24) is 19.4 Å². The van der Waals surface area contributed by atoms with E-state index in [1.807, 2.05) is 24.1 Å². The zero-order valence-electron chi connectivity index (χ0n) is 16.3. The summed E-state index contributed by atoms with van der Waals surface area (Å²) in [7, 11) is -2.87. The SMILES string of the molecule is Cc1ccc(C)n1-c1nc(CC(=O)N2CCN(C3CCS(=O)(=O)C3)CC2)cs1. The molecule has 4 heterocycles. The zero-order chi connectivity index (χ0) is 19.9. The smallest absolute Gasteiger partial charge is 0.228 e. The number of carbonyl (C=O) groups excluding carboxylic acids is 1. The van der Waals surface area contributed by atoms with Crippen LogP contribution in [0.4, 0.5) is 0 Å². The number of hydrogen-bond donors (Lipinski definition) is 0. The summed E-state index contributed by atoms with van der Waals surface area (Å²) >= 11 is 1.56. The number of amides is 1. The van der Waals surface area contributed by atoms with Gasteiger partial charge in [0.25, 0.3) is 0 Å². The Hall–Kier alpha value is -1.71. The first-order valence-corrected chi connectivity index (χ1v) is 12.3. The van der Waals surface area contributed by atoms with Crippen LogP contribution in [0.25, 0.3) is 5.13 Å². The second-order valence-electron chi connectivity index (χ2n) is 7.72. The lowest BCUT2D eigenvalue weighted by Gasteiger charge is -2.37. The molecule has 4 rings (SSSR count). The van der Waals surface area contributed by atoms with Crippen LogP contribution < -0.4 is 0 Å². The van der Waals surface area contributed by atoms with Gasteiger partial charge in [-0.05, 0) is 32.4 Å². The molecule has 9 heteroatoms. The van der Waals surface area contributed by atoms with Crippen LogP contribution in [-0.4, -0.2) is 77.4 Å². The van der Waals surface area contributed by atoms with Crippen molar-refractivity contribution in [1.29, 1.82) is 0 Å². The number of nitrogens with zero attached hydrogens (tertiary/aromatic N) is 4. The van der Waals surface area contributed by atoms with Crippen molar-refractivity contribution in [3.8, 4) is 5.13 Å². The van der Waals surface area contributed by atoms with Gasteiger partial charge in [0.2, 0.25) is 5.91 Å². The molecular weight excluding hydrogens is 396 g/mol. The molecule has 0 saturated carbocycles. The van der Waals surface area contributed by atoms with E-state index < -0.39 is 9.84 Å². The summed E-state index contributed by atoms with van der Waals surface area (Å²) in [6.45, 7) is 6.90. The van der Waals surface area contributed by atoms with Crippen molar-refractivity contribution in [2.75, 3.05) is 37.7 Å². The van der Waals surface area contributed by atoms with Gasteiger partial charge in [-0.1, -0.05) is 0 Å². The third-order valence-electron chi connectivity index (χ3n) is 5.73. The summed E-state index contributed by atoms with van der Waals surface area (Å²) in [5.74, 6) is 0.654. The molecule has 1 unspecified atom stereocenters. The monoisotopic (exact) mass is 422 g/mol. The predicted molar refractivity (Wildman–Crippen MR) is 110 cm³/mol. The maximum absolute atomic E-state index is 12.7. The van der Waals surface area contributed by atoms with E-state index in [9.17, 15) is 13.2 Å². The Labute approximate surface area is 169 Å². The molecule has 2 aliphatic rings. The number of piperazine rings is 1. The molecule has 2 aromatic rings. The average molecular weight is 423 g/mol. The second kappa shape index (κ2) is 7.61. The molecule has 1 amide bonds. The molecule has 2 aromatic heterocycles. The number of carbonyl (C=O) groups is 1. The Morgan fingerprint density at radius 2 is 1.86 bits per heavy atom. The number of aryl methyl sites for hydroxylation is 2. The van der Waals surface area contributed by atoms with Crippen molar-refractivity contribution >= 4 is 27.1 Å². The minimum atomic E-state index is -2.87. The Balaban J connectivity index is 1.33. The molecule has 0 aromatic carbocycles. The molecule has 2 fully saturated rings. The van der Waals surface area contributed by atoms with Crippen molar-refractivity contribution in [3.63, 3.8) is 0 Å². The van der Waals surface area contributed by atoms with E-state index >= 15 is 0 Å². The lowest BCUT2D eigenvalue weighted by molar-refractivity contribution is -0.132. The summed E-state index contributed by atoms with van der Waals surface area (Å²) in [4.78, 5) is 21.5. The fourth-order valence-electron chi connectivity index (χ4n) is 4.12. The number of thiazole rings is 1. The van der Waals surface area contributed by atoms with Crippen LogP contribution in [0, 0.1) is 13.8 Å². The van der Waals surface area contributed by atoms with Gasteiger partial charge in [-0.25, -0.2) is 13.4 Å². The largest absolute Gasteiger partial charge is 0.340 e. The summed E-state index contributed by atoms with van der Waals surface area (Å²) in [6, 6.07) is 4.25. The van der Waals surface area contributed by atoms with Crippen LogP contribution in [-0.2, 0) is 21.1 Å². The maximum Gasteiger partial charge on any atom is 0.228 e. The normalized spacial score (nSPS) is 22.6. The molecule has 0 bridgehead atoms. The number of sulfone groups is 1. The first-order chi connectivity index (χ1) is 13.3. The Bertz CT molecular complexity index is 952. The maximum atomic E-state index is 12.7. The van der Waals surface area contributed by atoms with Crippen molar-refractivity contribution < 1.29 is 13.2 Å². The van der Waals surface area contributed by atoms with Crippen LogP contribution >= 0.6 is 11.3 Å². The highest BCUT2D eigenvalue weighted by Gasteiger charge is 2.34. The molecule has 0 spiro atoms. The Morgan fingerprint density at radius 1 is 1.18 bits per heavy atom. The topological polar surface area (TPSA) is 75.5 Å². The lowest BCUT2D eigenvalue weighted by atomic mass is 10.2. The highest BCUT2D eigenvalue weighted by molar-refractivity contribution is 7.91. The average Bonchev–Trinajstić information content (AvgIpc) is 3.34. The number of aromatic nitrogens is 2. The van der Waals surface area contributed by atoms with E-state index in [1.165, 1.54) is 0 Å². The fourth-order valence-corrected chi connectivity index (χ4v) is 6.82. The van der Waals surface area contributed by atoms with E-state index in [0.717, 1.165) is 41.7 Å². The van der Waals surface area contributed by atoms with Crippen LogP contribution in [0.2, 0.25) is 0 Å². The Morgan fingerprint density at radius 3 is 2.46 bits per heavy atom. The first kappa shape index (κ1) is 19.6. The standard InChI is InChI=1S/C19H26N4O3S2/c1-14-3-4-15(2)23(14)19-20-16(12-27-19)11-18(24)22-8-6-21(7-9-22)17-5-10-28(25,26)13-17/h3-4,12,17H,5-11,13H2,1-2H3. The quantitative estimate of drug-likeness (QED) is 0.745. The summed E-state index contributed by atoms with van der Waals surface area (Å²) in [6.07, 6.45) is 1.03. The molecule has 2 aliphatic heterocycles. The number of rotatable bonds is 4. The lowest BCUT2D eigenvalue weighted by Crippen LogP contribution is -2.52. The molecule has 0 aliphatic carbocycles. The van der Waals surface area contributed by atoms with Gasteiger partial charge >= 0.3 is 0 Å². The fraction of sp³-hybridized carbons (Fsp3) is 0.579. The Kier molecular flexibility index (Phi) is 5.32. The second-order valence-corrected chi connectivity index (χ2v) is 10.8. The highest BCUT2D eigenvalue weighted by atomic mass is 32.2. The first-order valence-electron chi connectivity index (χ1n) is 9.64. The van der Waals surface area contributed by atoms with Gasteiger partial charge in [-0.2, -0.15) is 0 Å². The van der Waals surface area contributed by atoms with Crippen molar-refractivity contribution in [3.05, 3.63) is 34.6 Å². The molecule has 2 saturated heterocycles. The molecule has 1 atom stereocenters. The summed E-state index contributed by atoms with van der Waals surface area (Å²) in [5, 5.41) is 2.86. The third kappa shape index (κ3) is 4.01. The van der Waals surface area contributed by atoms with E-state index in [1.54, 1.807) is 11.3 Å². The van der Waals surface area contributed by atoms with E-state index in [2.05, 4.69) is 26.6 Å². The van der Waals surface area contributed by atoms with E-state index in [0.29, 0.717) is 25.3 Å². The van der Waals surface area contributed by atoms with E-state index in [4.69, 9.17) is 0 Å². The molecule has 0 radical (unpaired) electrons. The van der Waals surface area contributed by atoms with Gasteiger partial charge in [-0.15, -0.1) is 11.3 Å². The van der Waals surface area contributed by atoms with Crippen LogP contribution in [0.15, 0.2) is 17.5 Å². The van der Waals surface area contributed by atoms with Crippen LogP contribution in [0.5, 0.6) is 0 Å². The van der Waals surface area contributed by atoms with Gasteiger partial charge in [-0.3, -0.25) is 14.3 Å². The van der Waals surface area contributed by atoms with Gasteiger partial charge in [0, 0.05) is 49.0 Å². The summed E-state index contributed by atoms with van der Waals surface area (Å²) in [5.41, 5.74) is 3.08.